The van der Waals surface area contributed by atoms with E-state index in [1.165, 1.54) is 31.2 Å². The Balaban J connectivity index is 1.93. The number of aromatic hydroxyl groups is 1. The van der Waals surface area contributed by atoms with Crippen LogP contribution in [-0.4, -0.2) is 192 Å². The summed E-state index contributed by atoms with van der Waals surface area (Å²) in [4.78, 5) is 176. The second-order valence-electron chi connectivity index (χ2n) is 21.8. The van der Waals surface area contributed by atoms with Crippen LogP contribution >= 0.6 is 12.6 Å². The molecule has 0 unspecified atom stereocenters. The van der Waals surface area contributed by atoms with Gasteiger partial charge in [0.05, 0.1) is 24.7 Å². The number of phenols is 1. The summed E-state index contributed by atoms with van der Waals surface area (Å²) >= 11 is 3.85. The van der Waals surface area contributed by atoms with Gasteiger partial charge in [-0.15, -0.1) is 0 Å². The number of fused-ring (bicyclic) bond motifs is 1. The molecule has 0 saturated carbocycles. The predicted molar refractivity (Wildman–Crippen MR) is 318 cm³/mol. The topological polar surface area (TPSA) is 511 Å². The number of nitrogens with one attached hydrogen (secondary N) is 11. The molecule has 13 atom stereocenters. The summed E-state index contributed by atoms with van der Waals surface area (Å²) in [6, 6.07) is -4.97. The van der Waals surface area contributed by atoms with E-state index in [1.54, 1.807) is 58.2 Å². The molecule has 20 N–H and O–H groups in total. The van der Waals surface area contributed by atoms with Gasteiger partial charge in [-0.3, -0.25) is 57.5 Å². The third kappa shape index (κ3) is 22.8. The summed E-state index contributed by atoms with van der Waals surface area (Å²) in [5, 5.41) is 74.6. The van der Waals surface area contributed by atoms with Crippen LogP contribution in [0.1, 0.15) is 85.8 Å². The lowest BCUT2D eigenvalue weighted by molar-refractivity contribution is -0.142. The lowest BCUT2D eigenvalue weighted by Crippen LogP contribution is -2.62. The van der Waals surface area contributed by atoms with Crippen LogP contribution in [0.2, 0.25) is 0 Å². The summed E-state index contributed by atoms with van der Waals surface area (Å²) in [6.07, 6.45) is -4.81. The lowest BCUT2D eigenvalue weighted by Gasteiger charge is -2.29. The molecule has 0 saturated heterocycles. The normalized spacial score (nSPS) is 15.7. The Bertz CT molecular complexity index is 2990. The molecule has 88 heavy (non-hydrogen) atoms. The van der Waals surface area contributed by atoms with Crippen LogP contribution in [0.3, 0.4) is 0 Å². The summed E-state index contributed by atoms with van der Waals surface area (Å²) in [5.74, 6) is -16.0. The number of benzene rings is 2. The molecule has 0 aliphatic carbocycles. The van der Waals surface area contributed by atoms with Crippen molar-refractivity contribution in [1.82, 2.24) is 58.2 Å². The van der Waals surface area contributed by atoms with E-state index in [-0.39, 0.29) is 24.5 Å². The van der Waals surface area contributed by atoms with E-state index in [1.807, 2.05) is 0 Å². The number of hydrogen-bond donors (Lipinski definition) is 19. The standard InChI is InChI=1S/C56H81N13O18S/c1-24(2)42(58)52(82)61-27(6)47(77)67-43(25(3)4)53(83)65-37(20-31-22-59-34-12-10-9-11-33(31)34)50(80)68-44(28(7)70)54(84)64-36(19-30-13-15-32(72)16-14-30)49(79)60-26(5)46(76)62-35(17-18-41(74)75)48(78)63-38(21-40(57)73)51(81)69-45(29(8)71)55(85)66-39(23-88)56(86)87/h9-16,22,24-29,35-39,42-45,59,70-72,88H,17-21,23,58H2,1-8H3,(H2,57,73)(H,60,79)(H,61,82)(H,62,76)(H,63,78)(H,64,84)(H,65,83)(H,66,85)(H,67,77)(H,68,80)(H,69,81)(H,74,75)(H,86,87)/t26-,27-,28+,29+,35-,36-,37-,38-,39-,42-,43-,44-,45-/m0/s1. The number of rotatable bonds is 35. The van der Waals surface area contributed by atoms with Gasteiger partial charge in [0.1, 0.15) is 66.2 Å². The molecule has 484 valence electrons. The van der Waals surface area contributed by atoms with Crippen molar-refractivity contribution >= 4 is 100 Å². The first-order valence-corrected chi connectivity index (χ1v) is 28.6. The van der Waals surface area contributed by atoms with Crippen molar-refractivity contribution in [3.8, 4) is 5.75 Å². The van der Waals surface area contributed by atoms with E-state index >= 15 is 0 Å². The van der Waals surface area contributed by atoms with Gasteiger partial charge in [-0.1, -0.05) is 58.0 Å². The summed E-state index contributed by atoms with van der Waals surface area (Å²) in [5.41, 5.74) is 12.8. The van der Waals surface area contributed by atoms with Gasteiger partial charge in [-0.25, -0.2) is 4.79 Å². The number of hydrogen-bond acceptors (Lipinski definition) is 18. The molecule has 0 spiro atoms. The number of carboxylic acid groups (broad SMARTS) is 2. The van der Waals surface area contributed by atoms with Crippen LogP contribution in [0.5, 0.6) is 5.75 Å². The summed E-state index contributed by atoms with van der Waals surface area (Å²) in [7, 11) is 0. The average molecular weight is 1260 g/mol. The second kappa shape index (κ2) is 34.5. The van der Waals surface area contributed by atoms with Crippen molar-refractivity contribution in [3.05, 3.63) is 65.9 Å². The molecule has 2 aromatic carbocycles. The Morgan fingerprint density at radius 2 is 0.955 bits per heavy atom. The molecule has 3 aromatic rings. The van der Waals surface area contributed by atoms with E-state index in [0.717, 1.165) is 20.8 Å². The van der Waals surface area contributed by atoms with Gasteiger partial charge in [0.25, 0.3) is 0 Å². The van der Waals surface area contributed by atoms with Crippen LogP contribution in [0.4, 0.5) is 0 Å². The fourth-order valence-electron chi connectivity index (χ4n) is 8.48. The third-order valence-corrected chi connectivity index (χ3v) is 14.1. The van der Waals surface area contributed by atoms with E-state index in [4.69, 9.17) is 11.5 Å². The maximum absolute atomic E-state index is 14.5. The molecule has 32 heteroatoms. The van der Waals surface area contributed by atoms with Crippen molar-refractivity contribution in [2.24, 2.45) is 23.3 Å². The number of aromatic nitrogens is 1. The Hall–Kier alpha value is -8.88. The minimum absolute atomic E-state index is 0.173. The Morgan fingerprint density at radius 3 is 1.45 bits per heavy atom. The maximum Gasteiger partial charge on any atom is 0.327 e. The number of para-hydroxylation sites is 1. The van der Waals surface area contributed by atoms with Gasteiger partial charge in [-0.05, 0) is 75.3 Å². The van der Waals surface area contributed by atoms with Gasteiger partial charge in [0.15, 0.2) is 0 Å². The third-order valence-electron chi connectivity index (χ3n) is 13.8. The van der Waals surface area contributed by atoms with E-state index < -0.39 is 187 Å². The van der Waals surface area contributed by atoms with Crippen LogP contribution in [-0.2, 0) is 75.2 Å². The average Bonchev–Trinajstić information content (AvgIpc) is 1.98. The molecule has 11 amide bonds. The number of aromatic amines is 1. The van der Waals surface area contributed by atoms with Gasteiger partial charge in [0.2, 0.25) is 65.0 Å². The number of nitrogens with two attached hydrogens (primary N) is 2. The number of carbonyl (C=O) groups is 13. The van der Waals surface area contributed by atoms with Crippen molar-refractivity contribution in [2.75, 3.05) is 5.75 Å². The highest BCUT2D eigenvalue weighted by molar-refractivity contribution is 7.80. The highest BCUT2D eigenvalue weighted by atomic mass is 32.1. The van der Waals surface area contributed by atoms with Crippen molar-refractivity contribution in [1.29, 1.82) is 0 Å². The van der Waals surface area contributed by atoms with Gasteiger partial charge < -0.3 is 95.2 Å². The van der Waals surface area contributed by atoms with Gasteiger partial charge in [0, 0.05) is 42.1 Å². The predicted octanol–water partition coefficient (Wildman–Crippen LogP) is -4.30. The number of carbonyl (C=O) groups excluding carboxylic acids is 11. The van der Waals surface area contributed by atoms with Gasteiger partial charge in [-0.2, -0.15) is 12.6 Å². The van der Waals surface area contributed by atoms with E-state index in [9.17, 15) is 87.9 Å². The molecular formula is C56H81N13O18S. The zero-order valence-corrected chi connectivity index (χ0v) is 50.6. The molecular weight excluding hydrogens is 1170 g/mol. The van der Waals surface area contributed by atoms with E-state index in [0.29, 0.717) is 22.0 Å². The molecule has 1 aromatic heterocycles. The first kappa shape index (κ1) is 73.4. The lowest BCUT2D eigenvalue weighted by atomic mass is 9.99. The fourth-order valence-corrected chi connectivity index (χ4v) is 8.73. The Kier molecular flexibility index (Phi) is 28.7. The van der Waals surface area contributed by atoms with Crippen molar-refractivity contribution in [3.63, 3.8) is 0 Å². The number of aliphatic hydroxyl groups excluding tert-OH is 2. The van der Waals surface area contributed by atoms with Crippen LogP contribution < -0.4 is 64.6 Å². The quantitative estimate of drug-likeness (QED) is 0.0248. The number of primary amides is 1. The molecule has 31 nitrogen and oxygen atoms in total. The minimum atomic E-state index is -1.95. The van der Waals surface area contributed by atoms with Gasteiger partial charge >= 0.3 is 11.9 Å². The minimum Gasteiger partial charge on any atom is -0.508 e. The van der Waals surface area contributed by atoms with Crippen LogP contribution in [0.15, 0.2) is 54.7 Å². The molecule has 0 fully saturated rings. The summed E-state index contributed by atoms with van der Waals surface area (Å²) < 4.78 is 0. The van der Waals surface area contributed by atoms with Crippen molar-refractivity contribution in [2.45, 2.75) is 166 Å². The van der Waals surface area contributed by atoms with Crippen LogP contribution in [0, 0.1) is 11.8 Å². The smallest absolute Gasteiger partial charge is 0.327 e. The molecule has 0 aliphatic heterocycles. The largest absolute Gasteiger partial charge is 0.508 e. The van der Waals surface area contributed by atoms with Crippen LogP contribution in [0.25, 0.3) is 10.9 Å². The Morgan fingerprint density at radius 1 is 0.511 bits per heavy atom. The molecule has 0 radical (unpaired) electrons. The Labute approximate surface area is 511 Å². The SMILES string of the molecule is CC(C)[C@H](N)C(=O)N[C@@H](C)C(=O)N[C@H](C(=O)N[C@@H](Cc1c[nH]c2ccccc12)C(=O)N[C@H](C(=O)N[C@@H](Cc1ccc(O)cc1)C(=O)N[C@@H](C)C(=O)N[C@@H](CCC(=O)O)C(=O)N[C@@H](CC(N)=O)C(=O)N[C@H](C(=O)N[C@@H](CS)C(=O)O)[C@@H](C)O)[C@@H](C)O)C(C)C. The first-order valence-electron chi connectivity index (χ1n) is 28.0. The first-order chi connectivity index (χ1) is 41.1. The van der Waals surface area contributed by atoms with Crippen molar-refractivity contribution < 1.29 is 87.9 Å². The highest BCUT2D eigenvalue weighted by Gasteiger charge is 2.38. The molecule has 0 bridgehead atoms. The summed E-state index contributed by atoms with van der Waals surface area (Å²) in [6.45, 7) is 11.4. The monoisotopic (exact) mass is 1260 g/mol. The number of carboxylic acids is 2. The molecule has 3 rings (SSSR count). The zero-order valence-electron chi connectivity index (χ0n) is 49.7. The number of aliphatic hydroxyl groups is 2. The second-order valence-corrected chi connectivity index (χ2v) is 22.1. The number of aliphatic carboxylic acids is 2. The molecule has 1 heterocycles. The van der Waals surface area contributed by atoms with E-state index in [2.05, 4.69) is 70.8 Å². The maximum atomic E-state index is 14.5. The number of H-pyrrole nitrogens is 1. The fraction of sp³-hybridized carbons (Fsp3) is 0.518. The zero-order chi connectivity index (χ0) is 66.4. The number of phenolic OH excluding ortho intramolecular Hbond substituents is 1. The number of amides is 11. The molecule has 0 aliphatic rings. The highest BCUT2D eigenvalue weighted by Crippen LogP contribution is 2.20. The number of thiol groups is 1.